The predicted octanol–water partition coefficient (Wildman–Crippen LogP) is 1.69. The third-order valence-corrected chi connectivity index (χ3v) is 5.00. The molecule has 7 nitrogen and oxygen atoms in total. The lowest BCUT2D eigenvalue weighted by Gasteiger charge is -2.35. The molecule has 0 aromatic carbocycles. The lowest BCUT2D eigenvalue weighted by Crippen LogP contribution is -2.51. The van der Waals surface area contributed by atoms with Crippen LogP contribution in [-0.4, -0.2) is 50.7 Å². The van der Waals surface area contributed by atoms with E-state index >= 15 is 0 Å². The molecular formula is C16H18N2O5S. The number of thiophene rings is 1. The number of likely N-dealkylation sites (tertiary alicyclic amines) is 1. The van der Waals surface area contributed by atoms with Crippen LogP contribution in [0.15, 0.2) is 21.2 Å². The van der Waals surface area contributed by atoms with Crippen LogP contribution in [-0.2, 0) is 16.0 Å². The zero-order valence-electron chi connectivity index (χ0n) is 13.2. The van der Waals surface area contributed by atoms with Crippen LogP contribution in [0.2, 0.25) is 0 Å². The van der Waals surface area contributed by atoms with E-state index in [1.54, 1.807) is 23.2 Å². The van der Waals surface area contributed by atoms with Crippen molar-refractivity contribution >= 4 is 23.2 Å². The van der Waals surface area contributed by atoms with Gasteiger partial charge in [-0.15, -0.1) is 0 Å². The molecule has 1 saturated heterocycles. The first-order chi connectivity index (χ1) is 11.4. The predicted molar refractivity (Wildman–Crippen MR) is 86.7 cm³/mol. The Morgan fingerprint density at radius 2 is 2.12 bits per heavy atom. The van der Waals surface area contributed by atoms with Crippen LogP contribution in [0.4, 0.5) is 0 Å². The molecule has 8 heteroatoms. The van der Waals surface area contributed by atoms with E-state index in [4.69, 9.17) is 9.52 Å². The molecule has 128 valence electrons. The highest BCUT2D eigenvalue weighted by Gasteiger charge is 2.40. The van der Waals surface area contributed by atoms with Crippen LogP contribution in [0.1, 0.15) is 24.3 Å². The van der Waals surface area contributed by atoms with E-state index < -0.39 is 11.6 Å². The summed E-state index contributed by atoms with van der Waals surface area (Å²) in [5, 5.41) is 22.8. The van der Waals surface area contributed by atoms with Crippen LogP contribution in [0.25, 0.3) is 11.5 Å². The van der Waals surface area contributed by atoms with Crippen LogP contribution in [0, 0.1) is 6.92 Å². The minimum absolute atomic E-state index is 0.0338. The summed E-state index contributed by atoms with van der Waals surface area (Å²) >= 11 is 1.54. The number of aliphatic carboxylic acids is 1. The Bertz CT molecular complexity index is 745. The average molecular weight is 350 g/mol. The Morgan fingerprint density at radius 1 is 1.42 bits per heavy atom. The molecule has 0 atom stereocenters. The minimum atomic E-state index is -1.73. The van der Waals surface area contributed by atoms with E-state index in [2.05, 4.69) is 4.98 Å². The van der Waals surface area contributed by atoms with Crippen molar-refractivity contribution in [2.45, 2.75) is 31.8 Å². The van der Waals surface area contributed by atoms with Gasteiger partial charge in [-0.2, -0.15) is 11.3 Å². The van der Waals surface area contributed by atoms with Crippen LogP contribution >= 0.6 is 11.3 Å². The highest BCUT2D eigenvalue weighted by atomic mass is 32.1. The molecule has 3 rings (SSSR count). The van der Waals surface area contributed by atoms with Gasteiger partial charge >= 0.3 is 5.97 Å². The first-order valence-corrected chi connectivity index (χ1v) is 8.56. The van der Waals surface area contributed by atoms with Gasteiger partial charge < -0.3 is 19.5 Å². The number of nitrogens with zero attached hydrogens (tertiary/aromatic N) is 2. The number of hydrogen-bond donors (Lipinski definition) is 2. The van der Waals surface area contributed by atoms with Gasteiger partial charge in [0.2, 0.25) is 11.8 Å². The maximum atomic E-state index is 12.4. The number of amides is 1. The van der Waals surface area contributed by atoms with E-state index in [-0.39, 0.29) is 38.3 Å². The number of aryl methyl sites for hydroxylation is 1. The monoisotopic (exact) mass is 350 g/mol. The van der Waals surface area contributed by atoms with E-state index in [1.165, 1.54) is 0 Å². The minimum Gasteiger partial charge on any atom is -0.479 e. The SMILES string of the molecule is Cc1oc(-c2ccsc2)nc1CC(=O)N1CCC(O)(C(=O)O)CC1. The summed E-state index contributed by atoms with van der Waals surface area (Å²) in [7, 11) is 0. The number of rotatable bonds is 4. The molecular weight excluding hydrogens is 332 g/mol. The standard InChI is InChI=1S/C16H18N2O5S/c1-10-12(17-14(23-10)11-2-7-24-9-11)8-13(19)18-5-3-16(22,4-6-18)15(20)21/h2,7,9,22H,3-6,8H2,1H3,(H,20,21). The summed E-state index contributed by atoms with van der Waals surface area (Å²) in [5.74, 6) is -0.280. The zero-order valence-corrected chi connectivity index (χ0v) is 14.0. The number of oxazole rings is 1. The molecule has 2 aromatic heterocycles. The van der Waals surface area contributed by atoms with Crippen molar-refractivity contribution in [3.8, 4) is 11.5 Å². The highest BCUT2D eigenvalue weighted by molar-refractivity contribution is 7.08. The molecule has 1 aliphatic rings. The Morgan fingerprint density at radius 3 is 2.71 bits per heavy atom. The lowest BCUT2D eigenvalue weighted by molar-refractivity contribution is -0.165. The Kier molecular flexibility index (Phi) is 4.42. The fourth-order valence-electron chi connectivity index (χ4n) is 2.70. The van der Waals surface area contributed by atoms with Crippen molar-refractivity contribution in [2.24, 2.45) is 0 Å². The molecule has 2 N–H and O–H groups in total. The molecule has 2 aromatic rings. The van der Waals surface area contributed by atoms with Crippen LogP contribution in [0.3, 0.4) is 0 Å². The number of aliphatic hydroxyl groups is 1. The van der Waals surface area contributed by atoms with Crippen molar-refractivity contribution in [1.82, 2.24) is 9.88 Å². The number of aromatic nitrogens is 1. The fourth-order valence-corrected chi connectivity index (χ4v) is 3.33. The number of hydrogen-bond acceptors (Lipinski definition) is 6. The second-order valence-corrected chi connectivity index (χ2v) is 6.71. The third kappa shape index (κ3) is 3.20. The van der Waals surface area contributed by atoms with Gasteiger partial charge in [-0.05, 0) is 18.4 Å². The van der Waals surface area contributed by atoms with Gasteiger partial charge in [0.15, 0.2) is 5.60 Å². The zero-order chi connectivity index (χ0) is 17.3. The fraction of sp³-hybridized carbons (Fsp3) is 0.438. The number of carboxylic acid groups (broad SMARTS) is 1. The molecule has 0 radical (unpaired) electrons. The second kappa shape index (κ2) is 6.37. The molecule has 0 spiro atoms. The van der Waals surface area contributed by atoms with Gasteiger partial charge in [0, 0.05) is 36.9 Å². The van der Waals surface area contributed by atoms with E-state index in [0.29, 0.717) is 17.3 Å². The molecule has 24 heavy (non-hydrogen) atoms. The topological polar surface area (TPSA) is 104 Å². The smallest absolute Gasteiger partial charge is 0.335 e. The largest absolute Gasteiger partial charge is 0.479 e. The average Bonchev–Trinajstić information content (AvgIpc) is 3.18. The van der Waals surface area contributed by atoms with E-state index in [9.17, 15) is 14.7 Å². The molecule has 0 aliphatic carbocycles. The highest BCUT2D eigenvalue weighted by Crippen LogP contribution is 2.26. The molecule has 0 unspecified atom stereocenters. The summed E-state index contributed by atoms with van der Waals surface area (Å²) in [5.41, 5.74) is -0.265. The summed E-state index contributed by atoms with van der Waals surface area (Å²) in [4.78, 5) is 29.4. The van der Waals surface area contributed by atoms with Crippen molar-refractivity contribution < 1.29 is 24.2 Å². The molecule has 0 saturated carbocycles. The maximum Gasteiger partial charge on any atom is 0.335 e. The van der Waals surface area contributed by atoms with E-state index in [0.717, 1.165) is 5.56 Å². The summed E-state index contributed by atoms with van der Waals surface area (Å²) in [6.45, 7) is 2.21. The Balaban J connectivity index is 1.65. The van der Waals surface area contributed by atoms with Gasteiger partial charge in [-0.25, -0.2) is 9.78 Å². The summed E-state index contributed by atoms with van der Waals surface area (Å²) in [6, 6.07) is 1.90. The molecule has 0 bridgehead atoms. The first kappa shape index (κ1) is 16.7. The third-order valence-electron chi connectivity index (χ3n) is 4.32. The Hall–Kier alpha value is -2.19. The molecule has 3 heterocycles. The van der Waals surface area contributed by atoms with Gasteiger partial charge in [0.1, 0.15) is 5.76 Å². The quantitative estimate of drug-likeness (QED) is 0.870. The van der Waals surface area contributed by atoms with Gasteiger partial charge in [0.25, 0.3) is 0 Å². The summed E-state index contributed by atoms with van der Waals surface area (Å²) in [6.07, 6.45) is 0.170. The second-order valence-electron chi connectivity index (χ2n) is 5.93. The van der Waals surface area contributed by atoms with Gasteiger partial charge in [-0.3, -0.25) is 4.79 Å². The molecule has 1 fully saturated rings. The van der Waals surface area contributed by atoms with Gasteiger partial charge in [-0.1, -0.05) is 0 Å². The van der Waals surface area contributed by atoms with E-state index in [1.807, 2.05) is 16.8 Å². The van der Waals surface area contributed by atoms with Crippen LogP contribution < -0.4 is 0 Å². The number of carbonyl (C=O) groups is 2. The number of carboxylic acids is 1. The van der Waals surface area contributed by atoms with Crippen molar-refractivity contribution in [2.75, 3.05) is 13.1 Å². The molecule has 1 amide bonds. The maximum absolute atomic E-state index is 12.4. The molecule has 1 aliphatic heterocycles. The van der Waals surface area contributed by atoms with Crippen molar-refractivity contribution in [3.05, 3.63) is 28.3 Å². The number of piperidine rings is 1. The van der Waals surface area contributed by atoms with Gasteiger partial charge in [0.05, 0.1) is 12.1 Å². The lowest BCUT2D eigenvalue weighted by atomic mass is 9.91. The Labute approximate surface area is 142 Å². The first-order valence-electron chi connectivity index (χ1n) is 7.61. The van der Waals surface area contributed by atoms with Crippen LogP contribution in [0.5, 0.6) is 0 Å². The van der Waals surface area contributed by atoms with Crippen molar-refractivity contribution in [3.63, 3.8) is 0 Å². The summed E-state index contributed by atoms with van der Waals surface area (Å²) < 4.78 is 5.62. The normalized spacial score (nSPS) is 17.0. The van der Waals surface area contributed by atoms with Crippen molar-refractivity contribution in [1.29, 1.82) is 0 Å². The number of carbonyl (C=O) groups excluding carboxylic acids is 1.